The molecule has 21 heavy (non-hydrogen) atoms. The maximum atomic E-state index is 12.5. The maximum Gasteiger partial charge on any atom is 0.241 e. The summed E-state index contributed by atoms with van der Waals surface area (Å²) in [5.74, 6) is 1.67. The zero-order chi connectivity index (χ0) is 14.8. The quantitative estimate of drug-likeness (QED) is 0.892. The van der Waals surface area contributed by atoms with Crippen molar-refractivity contribution in [2.45, 2.75) is 45.3 Å². The zero-order valence-electron chi connectivity index (χ0n) is 12.6. The molecule has 0 aromatic carbocycles. The molecule has 0 bridgehead atoms. The van der Waals surface area contributed by atoms with Crippen molar-refractivity contribution in [3.8, 4) is 5.88 Å². The Morgan fingerprint density at radius 3 is 3.14 bits per heavy atom. The van der Waals surface area contributed by atoms with E-state index in [4.69, 9.17) is 4.74 Å². The molecular formula is C16H23N3O2. The van der Waals surface area contributed by atoms with Gasteiger partial charge in [0.15, 0.2) is 0 Å². The Bertz CT molecular complexity index is 518. The summed E-state index contributed by atoms with van der Waals surface area (Å²) in [5.41, 5.74) is 0.652. The number of hydrogen-bond donors (Lipinski definition) is 2. The van der Waals surface area contributed by atoms with Crippen LogP contribution in [0.4, 0.5) is 5.69 Å². The third kappa shape index (κ3) is 3.02. The van der Waals surface area contributed by atoms with E-state index < -0.39 is 0 Å². The molecule has 1 aromatic rings. The summed E-state index contributed by atoms with van der Waals surface area (Å²) in [6.45, 7) is 4.86. The fourth-order valence-corrected chi connectivity index (χ4v) is 3.49. The first-order valence-electron chi connectivity index (χ1n) is 7.81. The molecule has 3 rings (SSSR count). The van der Waals surface area contributed by atoms with Crippen LogP contribution < -0.4 is 15.4 Å². The third-order valence-corrected chi connectivity index (χ3v) is 4.40. The van der Waals surface area contributed by atoms with Crippen molar-refractivity contribution in [1.29, 1.82) is 0 Å². The first kappa shape index (κ1) is 14.3. The van der Waals surface area contributed by atoms with Gasteiger partial charge in [-0.05, 0) is 57.2 Å². The van der Waals surface area contributed by atoms with Gasteiger partial charge in [-0.25, -0.2) is 4.98 Å². The largest absolute Gasteiger partial charge is 0.473 e. The van der Waals surface area contributed by atoms with Crippen LogP contribution in [0.2, 0.25) is 0 Å². The molecule has 1 saturated carbocycles. The third-order valence-electron chi connectivity index (χ3n) is 4.40. The van der Waals surface area contributed by atoms with E-state index >= 15 is 0 Å². The van der Waals surface area contributed by atoms with Gasteiger partial charge in [0.2, 0.25) is 11.8 Å². The van der Waals surface area contributed by atoms with Gasteiger partial charge in [-0.2, -0.15) is 0 Å². The van der Waals surface area contributed by atoms with E-state index in [1.54, 1.807) is 6.20 Å². The average Bonchev–Trinajstić information content (AvgIpc) is 3.02. The highest BCUT2D eigenvalue weighted by Crippen LogP contribution is 2.38. The first-order chi connectivity index (χ1) is 10.1. The van der Waals surface area contributed by atoms with Crippen LogP contribution in [0.3, 0.4) is 0 Å². The molecule has 2 N–H and O–H groups in total. The topological polar surface area (TPSA) is 63.2 Å². The van der Waals surface area contributed by atoms with Gasteiger partial charge in [-0.3, -0.25) is 4.79 Å². The number of carbonyl (C=O) groups is 1. The van der Waals surface area contributed by atoms with Gasteiger partial charge in [-0.15, -0.1) is 0 Å². The van der Waals surface area contributed by atoms with Crippen LogP contribution in [-0.4, -0.2) is 29.6 Å². The summed E-state index contributed by atoms with van der Waals surface area (Å²) in [5, 5.41) is 6.35. The van der Waals surface area contributed by atoms with Gasteiger partial charge < -0.3 is 15.4 Å². The lowest BCUT2D eigenvalue weighted by atomic mass is 9.93. The summed E-state index contributed by atoms with van der Waals surface area (Å²) in [6, 6.07) is 3.57. The van der Waals surface area contributed by atoms with Gasteiger partial charge in [0.25, 0.3) is 0 Å². The fraction of sp³-hybridized carbons (Fsp3) is 0.625. The monoisotopic (exact) mass is 289 g/mol. The number of fused-ring (bicyclic) bond motifs is 1. The number of carbonyl (C=O) groups excluding carboxylic acids is 1. The second-order valence-electron chi connectivity index (χ2n) is 6.25. The van der Waals surface area contributed by atoms with E-state index in [2.05, 4.69) is 15.6 Å². The molecule has 1 amide bonds. The van der Waals surface area contributed by atoms with E-state index in [-0.39, 0.29) is 18.1 Å². The number of amides is 1. The predicted octanol–water partition coefficient (Wildman–Crippen LogP) is 2.20. The lowest BCUT2D eigenvalue weighted by molar-refractivity contribution is -0.118. The van der Waals surface area contributed by atoms with Crippen molar-refractivity contribution >= 4 is 11.6 Å². The second-order valence-corrected chi connectivity index (χ2v) is 6.25. The molecule has 1 aliphatic carbocycles. The molecule has 5 heteroatoms. The average molecular weight is 289 g/mol. The second kappa shape index (κ2) is 6.02. The van der Waals surface area contributed by atoms with Gasteiger partial charge in [0, 0.05) is 6.20 Å². The van der Waals surface area contributed by atoms with Crippen molar-refractivity contribution in [2.75, 3.05) is 11.9 Å². The van der Waals surface area contributed by atoms with Crippen LogP contribution in [0.1, 0.15) is 33.1 Å². The Morgan fingerprint density at radius 2 is 2.33 bits per heavy atom. The summed E-state index contributed by atoms with van der Waals surface area (Å²) in [7, 11) is 0. The minimum absolute atomic E-state index is 0.0272. The summed E-state index contributed by atoms with van der Waals surface area (Å²) < 4.78 is 5.65. The Kier molecular flexibility index (Phi) is 4.10. The van der Waals surface area contributed by atoms with Gasteiger partial charge in [0.05, 0.1) is 12.1 Å². The van der Waals surface area contributed by atoms with Gasteiger partial charge >= 0.3 is 0 Å². The number of ether oxygens (including phenoxy) is 1. The Hall–Kier alpha value is -1.62. The SMILES string of the molecule is CC(C)Oc1ncccc1NC(=O)C1NCC2CCCC21. The summed E-state index contributed by atoms with van der Waals surface area (Å²) in [4.78, 5) is 16.7. The zero-order valence-corrected chi connectivity index (χ0v) is 12.6. The van der Waals surface area contributed by atoms with Gasteiger partial charge in [0.1, 0.15) is 5.69 Å². The normalized spacial score (nSPS) is 27.7. The van der Waals surface area contributed by atoms with Gasteiger partial charge in [-0.1, -0.05) is 6.42 Å². The molecular weight excluding hydrogens is 266 g/mol. The van der Waals surface area contributed by atoms with E-state index in [9.17, 15) is 4.79 Å². The molecule has 2 fully saturated rings. The molecule has 1 aromatic heterocycles. The molecule has 1 saturated heterocycles. The molecule has 0 spiro atoms. The Balaban J connectivity index is 1.70. The number of aromatic nitrogens is 1. The number of hydrogen-bond acceptors (Lipinski definition) is 4. The summed E-state index contributed by atoms with van der Waals surface area (Å²) in [6.07, 6.45) is 5.34. The first-order valence-corrected chi connectivity index (χ1v) is 7.81. The predicted molar refractivity (Wildman–Crippen MR) is 81.3 cm³/mol. The molecule has 2 heterocycles. The molecule has 2 aliphatic rings. The molecule has 114 valence electrons. The van der Waals surface area contributed by atoms with Crippen molar-refractivity contribution in [3.05, 3.63) is 18.3 Å². The van der Waals surface area contributed by atoms with Crippen molar-refractivity contribution in [3.63, 3.8) is 0 Å². The lowest BCUT2D eigenvalue weighted by Crippen LogP contribution is -2.39. The van der Waals surface area contributed by atoms with Crippen molar-refractivity contribution < 1.29 is 9.53 Å². The number of pyridine rings is 1. The molecule has 1 aliphatic heterocycles. The smallest absolute Gasteiger partial charge is 0.241 e. The van der Waals surface area contributed by atoms with Crippen molar-refractivity contribution in [1.82, 2.24) is 10.3 Å². The summed E-state index contributed by atoms with van der Waals surface area (Å²) >= 11 is 0. The van der Waals surface area contributed by atoms with Crippen LogP contribution >= 0.6 is 0 Å². The number of nitrogens with zero attached hydrogens (tertiary/aromatic N) is 1. The van der Waals surface area contributed by atoms with Crippen LogP contribution in [0.15, 0.2) is 18.3 Å². The fourth-order valence-electron chi connectivity index (χ4n) is 3.49. The number of nitrogens with one attached hydrogen (secondary N) is 2. The number of rotatable bonds is 4. The highest BCUT2D eigenvalue weighted by molar-refractivity contribution is 5.96. The van der Waals surface area contributed by atoms with E-state index in [1.807, 2.05) is 26.0 Å². The lowest BCUT2D eigenvalue weighted by Gasteiger charge is -2.19. The molecule has 3 unspecified atom stereocenters. The van der Waals surface area contributed by atoms with Crippen LogP contribution in [-0.2, 0) is 4.79 Å². The molecule has 3 atom stereocenters. The minimum Gasteiger partial charge on any atom is -0.473 e. The number of anilines is 1. The van der Waals surface area contributed by atoms with Crippen LogP contribution in [0.25, 0.3) is 0 Å². The van der Waals surface area contributed by atoms with E-state index in [0.29, 0.717) is 23.4 Å². The van der Waals surface area contributed by atoms with Crippen molar-refractivity contribution in [2.24, 2.45) is 11.8 Å². The Morgan fingerprint density at radius 1 is 1.48 bits per heavy atom. The Labute approximate surface area is 125 Å². The van der Waals surface area contributed by atoms with Crippen LogP contribution in [0.5, 0.6) is 5.88 Å². The van der Waals surface area contributed by atoms with E-state index in [1.165, 1.54) is 12.8 Å². The highest BCUT2D eigenvalue weighted by Gasteiger charge is 2.42. The van der Waals surface area contributed by atoms with E-state index in [0.717, 1.165) is 13.0 Å². The molecule has 5 nitrogen and oxygen atoms in total. The highest BCUT2D eigenvalue weighted by atomic mass is 16.5. The minimum atomic E-state index is -0.0791. The standard InChI is InChI=1S/C16H23N3O2/c1-10(2)21-16-13(7-4-8-17-16)19-15(20)14-12-6-3-5-11(12)9-18-14/h4,7-8,10-12,14,18H,3,5-6,9H2,1-2H3,(H,19,20). The van der Waals surface area contributed by atoms with Crippen LogP contribution in [0, 0.1) is 11.8 Å². The maximum absolute atomic E-state index is 12.5. The molecule has 0 radical (unpaired) electrons.